The molecule has 0 amide bonds. The molecule has 0 unspecified atom stereocenters. The number of aromatic nitrogens is 2. The molecule has 1 heterocycles. The third-order valence-corrected chi connectivity index (χ3v) is 14.5. The average Bonchev–Trinajstić information content (AvgIpc) is 3.77. The predicted octanol–water partition coefficient (Wildman–Crippen LogP) is 17.7. The fraction of sp³-hybridized carbons (Fsp3) is 0.0145. The number of benzene rings is 11. The van der Waals surface area contributed by atoms with E-state index < -0.39 is 5.41 Å². The summed E-state index contributed by atoms with van der Waals surface area (Å²) in [5.74, 6) is 0.703. The van der Waals surface area contributed by atoms with Crippen molar-refractivity contribution in [2.45, 2.75) is 5.41 Å². The molecule has 0 N–H and O–H groups in total. The van der Waals surface area contributed by atoms with Crippen LogP contribution in [0.15, 0.2) is 279 Å². The van der Waals surface area contributed by atoms with Crippen molar-refractivity contribution in [1.29, 1.82) is 0 Å². The zero-order chi connectivity index (χ0) is 47.1. The van der Waals surface area contributed by atoms with Crippen LogP contribution in [0.2, 0.25) is 0 Å². The van der Waals surface area contributed by atoms with E-state index in [-0.39, 0.29) is 0 Å². The van der Waals surface area contributed by atoms with Gasteiger partial charge in [0.05, 0.1) is 16.8 Å². The Kier molecular flexibility index (Phi) is 10.4. The van der Waals surface area contributed by atoms with Gasteiger partial charge in [-0.3, -0.25) is 0 Å². The van der Waals surface area contributed by atoms with Crippen LogP contribution in [0.3, 0.4) is 0 Å². The maximum Gasteiger partial charge on any atom is 0.160 e. The topological polar surface area (TPSA) is 25.8 Å². The lowest BCUT2D eigenvalue weighted by atomic mass is 9.67. The summed E-state index contributed by atoms with van der Waals surface area (Å²) in [6, 6.07) is 101. The van der Waals surface area contributed by atoms with Crippen molar-refractivity contribution in [3.05, 3.63) is 301 Å². The van der Waals surface area contributed by atoms with Crippen LogP contribution in [-0.2, 0) is 5.41 Å². The number of rotatable bonds is 9. The van der Waals surface area contributed by atoms with Crippen LogP contribution in [0.4, 0.5) is 0 Å². The monoisotopic (exact) mass is 902 g/mol. The Balaban J connectivity index is 0.813. The van der Waals surface area contributed by atoms with Crippen LogP contribution in [0.5, 0.6) is 0 Å². The Morgan fingerprint density at radius 3 is 1.24 bits per heavy atom. The van der Waals surface area contributed by atoms with E-state index in [0.717, 1.165) is 33.5 Å². The van der Waals surface area contributed by atoms with E-state index >= 15 is 0 Å². The van der Waals surface area contributed by atoms with Crippen molar-refractivity contribution in [3.8, 4) is 89.5 Å². The minimum absolute atomic E-state index is 0.401. The van der Waals surface area contributed by atoms with Crippen LogP contribution in [0.25, 0.3) is 100 Å². The van der Waals surface area contributed by atoms with E-state index in [9.17, 15) is 0 Å². The highest BCUT2D eigenvalue weighted by molar-refractivity contribution is 6.05. The van der Waals surface area contributed by atoms with Crippen molar-refractivity contribution in [2.75, 3.05) is 0 Å². The van der Waals surface area contributed by atoms with E-state index in [0.29, 0.717) is 5.82 Å². The highest BCUT2D eigenvalue weighted by Gasteiger charge is 2.46. The molecule has 0 saturated carbocycles. The lowest BCUT2D eigenvalue weighted by molar-refractivity contribution is 0.768. The van der Waals surface area contributed by atoms with Gasteiger partial charge in [-0.15, -0.1) is 0 Å². The normalized spacial score (nSPS) is 12.3. The second-order valence-electron chi connectivity index (χ2n) is 18.4. The molecular weight excluding hydrogens is 857 g/mol. The van der Waals surface area contributed by atoms with Gasteiger partial charge in [-0.05, 0) is 101 Å². The molecule has 1 aliphatic rings. The molecule has 2 heteroatoms. The number of hydrogen-bond acceptors (Lipinski definition) is 2. The lowest BCUT2D eigenvalue weighted by Crippen LogP contribution is -2.28. The Morgan fingerprint density at radius 1 is 0.225 bits per heavy atom. The average molecular weight is 903 g/mol. The fourth-order valence-corrected chi connectivity index (χ4v) is 11.0. The van der Waals surface area contributed by atoms with Gasteiger partial charge in [-0.1, -0.05) is 267 Å². The minimum Gasteiger partial charge on any atom is -0.228 e. The van der Waals surface area contributed by atoms with Gasteiger partial charge in [0, 0.05) is 16.7 Å². The predicted molar refractivity (Wildman–Crippen MR) is 295 cm³/mol. The molecule has 0 saturated heterocycles. The van der Waals surface area contributed by atoms with Crippen LogP contribution < -0.4 is 0 Å². The zero-order valence-corrected chi connectivity index (χ0v) is 39.0. The maximum absolute atomic E-state index is 5.23. The SMILES string of the molecule is c1ccc(-c2ccc(-c3cc(-c4ccc(-c5ccc(-c6ccc(-c7ccc8c(c7)-c7ccccc7C8(c7ccccc7)c7ccccc7)cc6)cc5)c5ccccc45)nc(-c4ccccc4)n3)cc2)cc1. The standard InChI is InChI=1S/C69H46N2/c1-5-17-47(18-6-1)48-35-39-53(40-36-48)66-46-67(71-68(70-66)54-19-7-2-8-20-54)62-43-42-58(59-25-13-14-26-60(59)62)52-37-33-50(34-38-52)49-29-31-51(32-30-49)55-41-44-65-63(45-55)61-27-15-16-28-64(61)69(65,56-21-9-3-10-22-56)57-23-11-4-12-24-57/h1-46H. The van der Waals surface area contributed by atoms with E-state index in [2.05, 4.69) is 255 Å². The summed E-state index contributed by atoms with van der Waals surface area (Å²) in [7, 11) is 0. The summed E-state index contributed by atoms with van der Waals surface area (Å²) in [4.78, 5) is 10.4. The van der Waals surface area contributed by atoms with Gasteiger partial charge in [0.15, 0.2) is 5.82 Å². The molecule has 0 spiro atoms. The smallest absolute Gasteiger partial charge is 0.160 e. The van der Waals surface area contributed by atoms with Crippen LogP contribution in [-0.4, -0.2) is 9.97 Å². The number of hydrogen-bond donors (Lipinski definition) is 0. The Morgan fingerprint density at radius 2 is 0.634 bits per heavy atom. The van der Waals surface area contributed by atoms with Crippen LogP contribution >= 0.6 is 0 Å². The summed E-state index contributed by atoms with van der Waals surface area (Å²) in [5.41, 5.74) is 21.7. The first-order chi connectivity index (χ1) is 35.2. The van der Waals surface area contributed by atoms with Crippen molar-refractivity contribution < 1.29 is 0 Å². The molecule has 0 bridgehead atoms. The van der Waals surface area contributed by atoms with E-state index in [1.54, 1.807) is 0 Å². The second-order valence-corrected chi connectivity index (χ2v) is 18.4. The van der Waals surface area contributed by atoms with Crippen LogP contribution in [0, 0.1) is 0 Å². The summed E-state index contributed by atoms with van der Waals surface area (Å²) in [6.07, 6.45) is 0. The first-order valence-electron chi connectivity index (χ1n) is 24.4. The first-order valence-corrected chi connectivity index (χ1v) is 24.4. The summed E-state index contributed by atoms with van der Waals surface area (Å²) in [5, 5.41) is 2.33. The maximum atomic E-state index is 5.23. The van der Waals surface area contributed by atoms with Gasteiger partial charge in [-0.25, -0.2) is 9.97 Å². The zero-order valence-electron chi connectivity index (χ0n) is 39.0. The lowest BCUT2D eigenvalue weighted by Gasteiger charge is -2.33. The van der Waals surface area contributed by atoms with E-state index in [1.165, 1.54) is 83.3 Å². The van der Waals surface area contributed by atoms with Gasteiger partial charge in [0.2, 0.25) is 0 Å². The van der Waals surface area contributed by atoms with Gasteiger partial charge >= 0.3 is 0 Å². The van der Waals surface area contributed by atoms with Crippen molar-refractivity contribution in [2.24, 2.45) is 0 Å². The van der Waals surface area contributed by atoms with Gasteiger partial charge in [0.1, 0.15) is 0 Å². The van der Waals surface area contributed by atoms with Crippen molar-refractivity contribution in [1.82, 2.24) is 9.97 Å². The Hall–Kier alpha value is -9.24. The van der Waals surface area contributed by atoms with Crippen molar-refractivity contribution in [3.63, 3.8) is 0 Å². The van der Waals surface area contributed by atoms with Crippen molar-refractivity contribution >= 4 is 10.8 Å². The molecule has 1 aromatic heterocycles. The second kappa shape index (κ2) is 17.7. The molecule has 2 nitrogen and oxygen atoms in total. The molecule has 0 fully saturated rings. The third-order valence-electron chi connectivity index (χ3n) is 14.5. The number of nitrogens with zero attached hydrogens (tertiary/aromatic N) is 2. The van der Waals surface area contributed by atoms with Gasteiger partial charge < -0.3 is 0 Å². The molecule has 332 valence electrons. The molecular formula is C69H46N2. The van der Waals surface area contributed by atoms with Gasteiger partial charge in [0.25, 0.3) is 0 Å². The van der Waals surface area contributed by atoms with Crippen LogP contribution in [0.1, 0.15) is 22.3 Å². The van der Waals surface area contributed by atoms with Gasteiger partial charge in [-0.2, -0.15) is 0 Å². The molecule has 11 aromatic carbocycles. The number of fused-ring (bicyclic) bond motifs is 4. The Labute approximate surface area is 414 Å². The molecule has 0 atom stereocenters. The molecule has 12 aromatic rings. The van der Waals surface area contributed by atoms with E-state index in [4.69, 9.17) is 9.97 Å². The summed E-state index contributed by atoms with van der Waals surface area (Å²) >= 11 is 0. The first kappa shape index (κ1) is 41.9. The fourth-order valence-electron chi connectivity index (χ4n) is 11.0. The molecule has 1 aliphatic carbocycles. The largest absolute Gasteiger partial charge is 0.228 e. The quantitative estimate of drug-likeness (QED) is 0.144. The Bertz CT molecular complexity index is 3830. The van der Waals surface area contributed by atoms with E-state index in [1.807, 2.05) is 24.3 Å². The summed E-state index contributed by atoms with van der Waals surface area (Å²) < 4.78 is 0. The highest BCUT2D eigenvalue weighted by atomic mass is 14.9. The molecule has 13 rings (SSSR count). The minimum atomic E-state index is -0.401. The third kappa shape index (κ3) is 7.37. The molecule has 0 radical (unpaired) electrons. The summed E-state index contributed by atoms with van der Waals surface area (Å²) in [6.45, 7) is 0. The molecule has 71 heavy (non-hydrogen) atoms. The molecule has 0 aliphatic heterocycles. The highest BCUT2D eigenvalue weighted by Crippen LogP contribution is 2.56.